The summed E-state index contributed by atoms with van der Waals surface area (Å²) in [5.41, 5.74) is 3.34. The van der Waals surface area contributed by atoms with Gasteiger partial charge in [0.05, 0.1) is 0 Å². The van der Waals surface area contributed by atoms with E-state index < -0.39 is 0 Å². The van der Waals surface area contributed by atoms with Crippen LogP contribution in [0.4, 0.5) is 4.39 Å². The molecule has 0 atom stereocenters. The van der Waals surface area contributed by atoms with E-state index in [1.807, 2.05) is 30.3 Å². The Bertz CT molecular complexity index is 1080. The molecule has 0 aliphatic heterocycles. The van der Waals surface area contributed by atoms with E-state index in [0.29, 0.717) is 25.9 Å². The van der Waals surface area contributed by atoms with E-state index in [9.17, 15) is 9.18 Å². The van der Waals surface area contributed by atoms with E-state index in [4.69, 9.17) is 0 Å². The maximum atomic E-state index is 13.2. The zero-order valence-corrected chi connectivity index (χ0v) is 16.9. The summed E-state index contributed by atoms with van der Waals surface area (Å²) in [6.45, 7) is 1.35. The number of aryl methyl sites for hydroxylation is 1. The quantitative estimate of drug-likeness (QED) is 0.430. The molecular formula is C24H23FN2OS. The zero-order chi connectivity index (χ0) is 20.1. The van der Waals surface area contributed by atoms with Crippen LogP contribution in [0.1, 0.15) is 22.4 Å². The van der Waals surface area contributed by atoms with Crippen LogP contribution in [0.25, 0.3) is 10.9 Å². The normalized spacial score (nSPS) is 11.1. The molecule has 2 aromatic carbocycles. The molecule has 5 heteroatoms. The van der Waals surface area contributed by atoms with Gasteiger partial charge in [-0.3, -0.25) is 4.79 Å². The fourth-order valence-electron chi connectivity index (χ4n) is 3.56. The molecule has 0 fully saturated rings. The van der Waals surface area contributed by atoms with E-state index in [0.717, 1.165) is 23.1 Å². The molecule has 2 heterocycles. The molecule has 148 valence electrons. The van der Waals surface area contributed by atoms with Gasteiger partial charge in [0.15, 0.2) is 0 Å². The third-order valence-corrected chi connectivity index (χ3v) is 5.97. The van der Waals surface area contributed by atoms with Crippen molar-refractivity contribution in [2.24, 2.45) is 0 Å². The summed E-state index contributed by atoms with van der Waals surface area (Å²) >= 11 is 1.72. The number of amides is 1. The summed E-state index contributed by atoms with van der Waals surface area (Å²) in [6, 6.07) is 18.9. The lowest BCUT2D eigenvalue weighted by Gasteiger charge is -2.05. The van der Waals surface area contributed by atoms with E-state index in [1.165, 1.54) is 22.4 Å². The molecule has 1 N–H and O–H groups in total. The molecular weight excluding hydrogens is 383 g/mol. The van der Waals surface area contributed by atoms with E-state index >= 15 is 0 Å². The van der Waals surface area contributed by atoms with E-state index in [2.05, 4.69) is 39.7 Å². The predicted octanol–water partition coefficient (Wildman–Crippen LogP) is 5.18. The number of rotatable bonds is 8. The molecule has 29 heavy (non-hydrogen) atoms. The van der Waals surface area contributed by atoms with Gasteiger partial charge in [0.1, 0.15) is 5.82 Å². The molecule has 0 radical (unpaired) electrons. The van der Waals surface area contributed by atoms with E-state index in [-0.39, 0.29) is 11.7 Å². The number of hydrogen-bond acceptors (Lipinski definition) is 2. The summed E-state index contributed by atoms with van der Waals surface area (Å²) in [5.74, 6) is -0.145. The molecule has 0 unspecified atom stereocenters. The minimum Gasteiger partial charge on any atom is -0.356 e. The maximum absolute atomic E-state index is 13.2. The van der Waals surface area contributed by atoms with Crippen molar-refractivity contribution in [3.8, 4) is 0 Å². The molecule has 0 aliphatic rings. The summed E-state index contributed by atoms with van der Waals surface area (Å²) < 4.78 is 15.4. The number of carbonyl (C=O) groups is 1. The van der Waals surface area contributed by atoms with Crippen LogP contribution in [-0.4, -0.2) is 17.0 Å². The first-order valence-electron chi connectivity index (χ1n) is 9.79. The molecule has 4 rings (SSSR count). The fraction of sp³-hybridized carbons (Fsp3) is 0.208. The maximum Gasteiger partial charge on any atom is 0.220 e. The Hall–Kier alpha value is -2.92. The Kier molecular flexibility index (Phi) is 6.06. The highest BCUT2D eigenvalue weighted by Gasteiger charge is 2.10. The molecule has 1 amide bonds. The Morgan fingerprint density at radius 3 is 2.62 bits per heavy atom. The SMILES string of the molecule is O=C(CCc1cn(Cc2ccc(F)cc2)c2ccccc12)NCCc1cccs1. The topological polar surface area (TPSA) is 34.0 Å². The average Bonchev–Trinajstić information content (AvgIpc) is 3.37. The summed E-state index contributed by atoms with van der Waals surface area (Å²) in [6.07, 6.45) is 4.16. The van der Waals surface area contributed by atoms with Gasteiger partial charge < -0.3 is 9.88 Å². The molecule has 2 aromatic heterocycles. The molecule has 0 spiro atoms. The van der Waals surface area contributed by atoms with Gasteiger partial charge in [-0.05, 0) is 53.6 Å². The van der Waals surface area contributed by atoms with E-state index in [1.54, 1.807) is 11.3 Å². The fourth-order valence-corrected chi connectivity index (χ4v) is 4.26. The Morgan fingerprint density at radius 1 is 1.00 bits per heavy atom. The molecule has 0 aliphatic carbocycles. The van der Waals surface area contributed by atoms with Crippen LogP contribution in [0, 0.1) is 5.82 Å². The van der Waals surface area contributed by atoms with Crippen molar-refractivity contribution >= 4 is 28.1 Å². The van der Waals surface area contributed by atoms with Crippen molar-refractivity contribution in [1.29, 1.82) is 0 Å². The van der Waals surface area contributed by atoms with Crippen LogP contribution >= 0.6 is 11.3 Å². The summed E-state index contributed by atoms with van der Waals surface area (Å²) in [5, 5.41) is 6.24. The zero-order valence-electron chi connectivity index (χ0n) is 16.1. The number of aromatic nitrogens is 1. The van der Waals surface area contributed by atoms with Crippen molar-refractivity contribution in [3.63, 3.8) is 0 Å². The van der Waals surface area contributed by atoms with Gasteiger partial charge in [-0.1, -0.05) is 36.4 Å². The molecule has 3 nitrogen and oxygen atoms in total. The van der Waals surface area contributed by atoms with Crippen LogP contribution in [0.5, 0.6) is 0 Å². The smallest absolute Gasteiger partial charge is 0.220 e. The van der Waals surface area contributed by atoms with Crippen molar-refractivity contribution in [2.45, 2.75) is 25.8 Å². The van der Waals surface area contributed by atoms with Crippen LogP contribution < -0.4 is 5.32 Å². The lowest BCUT2D eigenvalue weighted by Crippen LogP contribution is -2.25. The number of benzene rings is 2. The average molecular weight is 407 g/mol. The monoisotopic (exact) mass is 406 g/mol. The van der Waals surface area contributed by atoms with Gasteiger partial charge in [-0.2, -0.15) is 0 Å². The molecule has 0 saturated heterocycles. The van der Waals surface area contributed by atoms with Crippen LogP contribution in [0.2, 0.25) is 0 Å². The highest BCUT2D eigenvalue weighted by molar-refractivity contribution is 7.09. The Balaban J connectivity index is 1.40. The third-order valence-electron chi connectivity index (χ3n) is 5.03. The Labute approximate surface area is 173 Å². The summed E-state index contributed by atoms with van der Waals surface area (Å²) in [7, 11) is 0. The number of halogens is 1. The third kappa shape index (κ3) is 4.93. The number of para-hydroxylation sites is 1. The van der Waals surface area contributed by atoms with Crippen LogP contribution in [0.15, 0.2) is 72.2 Å². The number of hydrogen-bond donors (Lipinski definition) is 1. The largest absolute Gasteiger partial charge is 0.356 e. The van der Waals surface area contributed by atoms with Crippen molar-refractivity contribution in [1.82, 2.24) is 9.88 Å². The first-order valence-corrected chi connectivity index (χ1v) is 10.7. The standard InChI is InChI=1S/C24H23FN2OS/c25-20-10-7-18(8-11-20)16-27-17-19(22-5-1-2-6-23(22)27)9-12-24(28)26-14-13-21-4-3-15-29-21/h1-8,10-11,15,17H,9,12-14,16H2,(H,26,28). The minimum absolute atomic E-state index is 0.0805. The number of carbonyl (C=O) groups excluding carboxylic acids is 1. The second-order valence-electron chi connectivity index (χ2n) is 7.11. The molecule has 0 saturated carbocycles. The van der Waals surface area contributed by atoms with Crippen LogP contribution in [-0.2, 0) is 24.2 Å². The number of nitrogens with zero attached hydrogens (tertiary/aromatic N) is 1. The van der Waals surface area contributed by atoms with Gasteiger partial charge in [0, 0.05) is 41.5 Å². The first-order chi connectivity index (χ1) is 14.2. The lowest BCUT2D eigenvalue weighted by atomic mass is 10.1. The van der Waals surface area contributed by atoms with Crippen molar-refractivity contribution < 1.29 is 9.18 Å². The van der Waals surface area contributed by atoms with Gasteiger partial charge >= 0.3 is 0 Å². The minimum atomic E-state index is -0.225. The van der Waals surface area contributed by atoms with Crippen LogP contribution in [0.3, 0.4) is 0 Å². The van der Waals surface area contributed by atoms with Crippen molar-refractivity contribution in [2.75, 3.05) is 6.54 Å². The van der Waals surface area contributed by atoms with Gasteiger partial charge in [0.2, 0.25) is 5.91 Å². The Morgan fingerprint density at radius 2 is 1.83 bits per heavy atom. The van der Waals surface area contributed by atoms with Crippen molar-refractivity contribution in [3.05, 3.63) is 94.1 Å². The predicted molar refractivity (Wildman–Crippen MR) is 117 cm³/mol. The summed E-state index contributed by atoms with van der Waals surface area (Å²) in [4.78, 5) is 13.5. The second-order valence-corrected chi connectivity index (χ2v) is 8.14. The molecule has 0 bridgehead atoms. The second kappa shape index (κ2) is 9.05. The van der Waals surface area contributed by atoms with Gasteiger partial charge in [-0.25, -0.2) is 4.39 Å². The highest BCUT2D eigenvalue weighted by Crippen LogP contribution is 2.23. The number of nitrogens with one attached hydrogen (secondary N) is 1. The van der Waals surface area contributed by atoms with Gasteiger partial charge in [-0.15, -0.1) is 11.3 Å². The number of fused-ring (bicyclic) bond motifs is 1. The first kappa shape index (κ1) is 19.4. The number of thiophene rings is 1. The van der Waals surface area contributed by atoms with Gasteiger partial charge in [0.25, 0.3) is 0 Å². The lowest BCUT2D eigenvalue weighted by molar-refractivity contribution is -0.121. The molecule has 4 aromatic rings. The highest BCUT2D eigenvalue weighted by atomic mass is 32.1.